The van der Waals surface area contributed by atoms with Gasteiger partial charge in [0.25, 0.3) is 0 Å². The fourth-order valence-electron chi connectivity index (χ4n) is 2.60. The Morgan fingerprint density at radius 2 is 2.07 bits per heavy atom. The Bertz CT molecular complexity index is 808. The molecule has 0 aliphatic heterocycles. The first-order valence-electron chi connectivity index (χ1n) is 9.72. The van der Waals surface area contributed by atoms with Crippen molar-refractivity contribution in [2.45, 2.75) is 31.9 Å². The van der Waals surface area contributed by atoms with Crippen LogP contribution in [0.15, 0.2) is 78.8 Å². The monoisotopic (exact) mass is 428 g/mol. The van der Waals surface area contributed by atoms with Crippen molar-refractivity contribution in [2.75, 3.05) is 18.8 Å². The third-order valence-electron chi connectivity index (χ3n) is 4.09. The maximum absolute atomic E-state index is 12.1. The van der Waals surface area contributed by atoms with E-state index in [0.717, 1.165) is 17.6 Å². The molecule has 0 fully saturated rings. The third kappa shape index (κ3) is 10.2. The van der Waals surface area contributed by atoms with Crippen LogP contribution < -0.4 is 16.4 Å². The van der Waals surface area contributed by atoms with Crippen LogP contribution in [0, 0.1) is 0 Å². The van der Waals surface area contributed by atoms with Crippen molar-refractivity contribution in [1.29, 1.82) is 0 Å². The Morgan fingerprint density at radius 3 is 2.67 bits per heavy atom. The summed E-state index contributed by atoms with van der Waals surface area (Å²) in [6, 6.07) is -0.129. The van der Waals surface area contributed by atoms with Gasteiger partial charge in [0.05, 0.1) is 18.2 Å². The van der Waals surface area contributed by atoms with Crippen LogP contribution >= 0.6 is 11.3 Å². The van der Waals surface area contributed by atoms with Crippen LogP contribution in [0.4, 0.5) is 5.13 Å². The number of anilines is 1. The van der Waals surface area contributed by atoms with Gasteiger partial charge in [0.2, 0.25) is 5.91 Å². The van der Waals surface area contributed by atoms with Gasteiger partial charge in [-0.25, -0.2) is 4.98 Å². The number of carbonyl (C=O) groups excluding carboxylic acids is 1. The number of nitrogen functional groups attached to an aromatic ring is 1. The molecule has 2 unspecified atom stereocenters. The van der Waals surface area contributed by atoms with E-state index in [9.17, 15) is 9.90 Å². The van der Waals surface area contributed by atoms with Gasteiger partial charge in [0, 0.05) is 18.0 Å². The van der Waals surface area contributed by atoms with Crippen LogP contribution in [0.1, 0.15) is 19.0 Å². The number of thiazole rings is 1. The van der Waals surface area contributed by atoms with Crippen LogP contribution in [0.2, 0.25) is 0 Å². The quantitative estimate of drug-likeness (QED) is 0.270. The summed E-state index contributed by atoms with van der Waals surface area (Å²) in [5.41, 5.74) is 8.05. The number of hydrogen-bond acceptors (Lipinski definition) is 6. The summed E-state index contributed by atoms with van der Waals surface area (Å²) in [7, 11) is 0. The van der Waals surface area contributed by atoms with Crippen LogP contribution in [-0.4, -0.2) is 41.2 Å². The van der Waals surface area contributed by atoms with E-state index in [0.29, 0.717) is 23.9 Å². The molecule has 0 aromatic carbocycles. The van der Waals surface area contributed by atoms with E-state index >= 15 is 0 Å². The maximum atomic E-state index is 12.1. The number of carbonyl (C=O) groups is 1. The summed E-state index contributed by atoms with van der Waals surface area (Å²) < 4.78 is 0. The summed E-state index contributed by atoms with van der Waals surface area (Å²) in [6.07, 6.45) is 12.9. The molecule has 0 aliphatic rings. The number of allylic oxidation sites excluding steroid dienone is 5. The second-order valence-corrected chi connectivity index (χ2v) is 7.51. The van der Waals surface area contributed by atoms with Crippen molar-refractivity contribution in [1.82, 2.24) is 15.6 Å². The highest BCUT2D eigenvalue weighted by atomic mass is 32.1. The molecule has 7 heteroatoms. The van der Waals surface area contributed by atoms with E-state index in [1.54, 1.807) is 29.7 Å². The molecule has 162 valence electrons. The van der Waals surface area contributed by atoms with Crippen LogP contribution in [-0.2, 0) is 11.2 Å². The lowest BCUT2D eigenvalue weighted by Crippen LogP contribution is -2.32. The zero-order valence-electron chi connectivity index (χ0n) is 17.5. The van der Waals surface area contributed by atoms with Crippen molar-refractivity contribution in [3.8, 4) is 0 Å². The number of aliphatic hydroxyl groups excluding tert-OH is 1. The van der Waals surface area contributed by atoms with Gasteiger partial charge < -0.3 is 21.5 Å². The van der Waals surface area contributed by atoms with Crippen molar-refractivity contribution in [3.63, 3.8) is 0 Å². The highest BCUT2D eigenvalue weighted by molar-refractivity contribution is 7.13. The first-order chi connectivity index (χ1) is 14.4. The van der Waals surface area contributed by atoms with Gasteiger partial charge in [-0.1, -0.05) is 62.3 Å². The lowest BCUT2D eigenvalue weighted by Gasteiger charge is -2.13. The van der Waals surface area contributed by atoms with Crippen LogP contribution in [0.5, 0.6) is 0 Å². The lowest BCUT2D eigenvalue weighted by molar-refractivity contribution is -0.120. The molecule has 0 spiro atoms. The first-order valence-corrected chi connectivity index (χ1v) is 10.6. The highest BCUT2D eigenvalue weighted by Crippen LogP contribution is 2.11. The third-order valence-corrected chi connectivity index (χ3v) is 4.81. The second kappa shape index (κ2) is 14.3. The van der Waals surface area contributed by atoms with Gasteiger partial charge in [-0.3, -0.25) is 4.79 Å². The van der Waals surface area contributed by atoms with Gasteiger partial charge in [-0.15, -0.1) is 11.3 Å². The largest absolute Gasteiger partial charge is 0.387 e. The molecule has 5 N–H and O–H groups in total. The number of aliphatic hydroxyl groups is 1. The Hall–Kier alpha value is -2.74. The molecule has 1 aromatic heterocycles. The van der Waals surface area contributed by atoms with Crippen molar-refractivity contribution in [3.05, 3.63) is 84.5 Å². The minimum absolute atomic E-state index is 0.104. The molecule has 0 radical (unpaired) electrons. The van der Waals surface area contributed by atoms with Crippen LogP contribution in [0.25, 0.3) is 0 Å². The molecule has 0 aliphatic carbocycles. The predicted molar refractivity (Wildman–Crippen MR) is 127 cm³/mol. The molecule has 1 aromatic rings. The summed E-state index contributed by atoms with van der Waals surface area (Å²) in [5, 5.41) is 18.5. The summed E-state index contributed by atoms with van der Waals surface area (Å²) in [5.74, 6) is -0.104. The van der Waals surface area contributed by atoms with Gasteiger partial charge in [-0.2, -0.15) is 0 Å². The number of nitrogens with two attached hydrogens (primary N) is 1. The van der Waals surface area contributed by atoms with E-state index < -0.39 is 6.10 Å². The predicted octanol–water partition coefficient (Wildman–Crippen LogP) is 3.08. The molecule has 6 nitrogen and oxygen atoms in total. The van der Waals surface area contributed by atoms with Crippen molar-refractivity contribution in [2.24, 2.45) is 0 Å². The molecule has 0 saturated carbocycles. The van der Waals surface area contributed by atoms with Gasteiger partial charge >= 0.3 is 0 Å². The molecule has 2 atom stereocenters. The molecule has 0 bridgehead atoms. The average molecular weight is 429 g/mol. The van der Waals surface area contributed by atoms with E-state index in [4.69, 9.17) is 5.73 Å². The van der Waals surface area contributed by atoms with E-state index in [-0.39, 0.29) is 18.4 Å². The number of nitrogens with zero attached hydrogens (tertiary/aromatic N) is 1. The number of nitrogens with one attached hydrogen (secondary N) is 2. The minimum Gasteiger partial charge on any atom is -0.387 e. The van der Waals surface area contributed by atoms with Gasteiger partial charge in [-0.05, 0) is 31.0 Å². The minimum atomic E-state index is -0.633. The Balaban J connectivity index is 2.45. The lowest BCUT2D eigenvalue weighted by atomic mass is 10.1. The Morgan fingerprint density at radius 1 is 1.33 bits per heavy atom. The van der Waals surface area contributed by atoms with Crippen LogP contribution in [0.3, 0.4) is 0 Å². The molecular formula is C23H32N4O2S. The maximum Gasteiger partial charge on any atom is 0.226 e. The van der Waals surface area contributed by atoms with E-state index in [1.807, 2.05) is 25.2 Å². The highest BCUT2D eigenvalue weighted by Gasteiger charge is 2.09. The normalized spacial score (nSPS) is 14.3. The Labute approximate surface area is 183 Å². The fourth-order valence-corrected chi connectivity index (χ4v) is 3.17. The molecule has 1 rings (SSSR count). The van der Waals surface area contributed by atoms with Gasteiger partial charge in [0.15, 0.2) is 5.13 Å². The van der Waals surface area contributed by atoms with E-state index in [2.05, 4.69) is 35.4 Å². The molecular weight excluding hydrogens is 396 g/mol. The second-order valence-electron chi connectivity index (χ2n) is 6.62. The van der Waals surface area contributed by atoms with Crippen molar-refractivity contribution < 1.29 is 9.90 Å². The zero-order chi connectivity index (χ0) is 22.4. The number of rotatable bonds is 14. The molecule has 0 saturated heterocycles. The SMILES string of the molecule is C=C/C=C(\C=C/C(C)NC(=O)Cc1csc(N)n1)CCNCC(O)/C(C=C)=C/C=C. The molecule has 30 heavy (non-hydrogen) atoms. The summed E-state index contributed by atoms with van der Waals surface area (Å²) in [4.78, 5) is 16.2. The standard InChI is InChI=1S/C23H32N4O2S/c1-5-8-18(12-13-25-15-21(28)19(7-3)9-6-2)11-10-17(4)26-22(29)14-20-16-30-23(24)27-20/h5-11,16-17,21,25,28H,1-3,12-15H2,4H3,(H2,24,27)(H,26,29)/b11-10-,18-8+,19-9+. The smallest absolute Gasteiger partial charge is 0.226 e. The Kier molecular flexibility index (Phi) is 12.0. The topological polar surface area (TPSA) is 100 Å². The van der Waals surface area contributed by atoms with Gasteiger partial charge in [0.1, 0.15) is 0 Å². The summed E-state index contributed by atoms with van der Waals surface area (Å²) in [6.45, 7) is 14.1. The van der Waals surface area contributed by atoms with Crippen molar-refractivity contribution >= 4 is 22.4 Å². The first kappa shape index (κ1) is 25.3. The number of aromatic nitrogens is 1. The summed E-state index contributed by atoms with van der Waals surface area (Å²) >= 11 is 1.32. The van der Waals surface area contributed by atoms with E-state index in [1.165, 1.54) is 11.3 Å². The molecule has 1 amide bonds. The number of hydrogen-bond donors (Lipinski definition) is 4. The molecule has 1 heterocycles. The fraction of sp³-hybridized carbons (Fsp3) is 0.304. The zero-order valence-corrected chi connectivity index (χ0v) is 18.3. The number of amides is 1. The average Bonchev–Trinajstić information content (AvgIpc) is 3.11.